The van der Waals surface area contributed by atoms with Gasteiger partial charge in [0.05, 0.1) is 19.4 Å². The Kier molecular flexibility index (Phi) is 5.48. The molecule has 0 bridgehead atoms. The zero-order valence-corrected chi connectivity index (χ0v) is 17.4. The lowest BCUT2D eigenvalue weighted by molar-refractivity contribution is 0.0879. The largest absolute Gasteiger partial charge is 0.474 e. The van der Waals surface area contributed by atoms with E-state index in [1.807, 2.05) is 6.07 Å². The Morgan fingerprint density at radius 2 is 1.94 bits per heavy atom. The third-order valence-corrected chi connectivity index (χ3v) is 5.86. The van der Waals surface area contributed by atoms with E-state index in [0.29, 0.717) is 56.1 Å². The van der Waals surface area contributed by atoms with Crippen LogP contribution in [0.3, 0.4) is 0 Å². The zero-order valence-electron chi connectivity index (χ0n) is 17.4. The van der Waals surface area contributed by atoms with Gasteiger partial charge in [0, 0.05) is 44.7 Å². The predicted molar refractivity (Wildman–Crippen MR) is 113 cm³/mol. The Hall–Kier alpha value is -3.47. The van der Waals surface area contributed by atoms with Crippen LogP contribution in [0.2, 0.25) is 0 Å². The Morgan fingerprint density at radius 1 is 1.16 bits per heavy atom. The number of carboxylic acid groups (broad SMARTS) is 1. The van der Waals surface area contributed by atoms with Gasteiger partial charge < -0.3 is 24.4 Å². The summed E-state index contributed by atoms with van der Waals surface area (Å²) >= 11 is 0. The summed E-state index contributed by atoms with van der Waals surface area (Å²) in [5.41, 5.74) is 1.53. The summed E-state index contributed by atoms with van der Waals surface area (Å²) in [5.74, 6) is -0.0403. The number of hydrogen-bond donors (Lipinski definition) is 1. The van der Waals surface area contributed by atoms with Gasteiger partial charge in [0.2, 0.25) is 5.88 Å². The van der Waals surface area contributed by atoms with E-state index >= 15 is 4.39 Å². The molecule has 0 radical (unpaired) electrons. The van der Waals surface area contributed by atoms with E-state index in [2.05, 4.69) is 20.0 Å². The molecule has 1 aromatic carbocycles. The van der Waals surface area contributed by atoms with E-state index in [1.165, 1.54) is 22.0 Å². The Morgan fingerprint density at radius 3 is 2.66 bits per heavy atom. The van der Waals surface area contributed by atoms with Gasteiger partial charge in [0.1, 0.15) is 23.5 Å². The number of fused-ring (bicyclic) bond motifs is 1. The zero-order chi connectivity index (χ0) is 22.1. The van der Waals surface area contributed by atoms with Crippen LogP contribution >= 0.6 is 0 Å². The molecule has 2 fully saturated rings. The van der Waals surface area contributed by atoms with Crippen molar-refractivity contribution in [2.75, 3.05) is 44.3 Å². The van der Waals surface area contributed by atoms with Gasteiger partial charge in [-0.3, -0.25) is 0 Å². The van der Waals surface area contributed by atoms with E-state index in [0.717, 1.165) is 18.8 Å². The van der Waals surface area contributed by atoms with Gasteiger partial charge in [-0.25, -0.2) is 23.8 Å². The van der Waals surface area contributed by atoms with Crippen LogP contribution in [-0.4, -0.2) is 81.3 Å². The number of carbonyl (C=O) groups is 1. The first-order chi connectivity index (χ1) is 15.6. The van der Waals surface area contributed by atoms with Gasteiger partial charge in [0.15, 0.2) is 11.5 Å². The molecule has 4 heterocycles. The molecule has 2 aromatic heterocycles. The molecular weight excluding hydrogens is 419 g/mol. The lowest BCUT2D eigenvalue weighted by Crippen LogP contribution is -2.41. The van der Waals surface area contributed by atoms with Crippen LogP contribution in [0.4, 0.5) is 14.9 Å². The molecule has 0 spiro atoms. The standard InChI is InChI=1S/C21H23FN6O4/c22-17-11-14(26-7-9-31-10-8-26)1-2-18(17)28-19-16(12-25-28)20(24-13-23-19)32-15-3-5-27(6-4-15)21(29)30/h1-2,11-13,15H,3-10H2,(H,29,30). The minimum atomic E-state index is -0.921. The summed E-state index contributed by atoms with van der Waals surface area (Å²) in [4.78, 5) is 23.1. The lowest BCUT2D eigenvalue weighted by atomic mass is 10.1. The van der Waals surface area contributed by atoms with Gasteiger partial charge in [-0.15, -0.1) is 0 Å². The minimum absolute atomic E-state index is 0.156. The Bertz CT molecular complexity index is 1120. The molecule has 0 atom stereocenters. The summed E-state index contributed by atoms with van der Waals surface area (Å²) in [5, 5.41) is 14.0. The smallest absolute Gasteiger partial charge is 0.407 e. The number of halogens is 1. The number of ether oxygens (including phenoxy) is 2. The second-order valence-corrected chi connectivity index (χ2v) is 7.79. The maximum absolute atomic E-state index is 15.0. The van der Waals surface area contributed by atoms with Crippen molar-refractivity contribution in [1.29, 1.82) is 0 Å². The van der Waals surface area contributed by atoms with Crippen molar-refractivity contribution < 1.29 is 23.8 Å². The van der Waals surface area contributed by atoms with E-state index < -0.39 is 11.9 Å². The summed E-state index contributed by atoms with van der Waals surface area (Å²) in [7, 11) is 0. The van der Waals surface area contributed by atoms with Crippen LogP contribution in [0, 0.1) is 5.82 Å². The molecule has 2 aliphatic rings. The third-order valence-electron chi connectivity index (χ3n) is 5.86. The molecule has 10 nitrogen and oxygen atoms in total. The molecule has 32 heavy (non-hydrogen) atoms. The minimum Gasteiger partial charge on any atom is -0.474 e. The van der Waals surface area contributed by atoms with Gasteiger partial charge in [-0.1, -0.05) is 0 Å². The first kappa shape index (κ1) is 20.4. The van der Waals surface area contributed by atoms with E-state index in [9.17, 15) is 4.79 Å². The van der Waals surface area contributed by atoms with Gasteiger partial charge in [-0.05, 0) is 18.2 Å². The number of amides is 1. The normalized spacial score (nSPS) is 17.7. The molecule has 1 amide bonds. The average molecular weight is 442 g/mol. The average Bonchev–Trinajstić information content (AvgIpc) is 3.25. The summed E-state index contributed by atoms with van der Waals surface area (Å²) in [6, 6.07) is 5.06. The molecule has 2 aliphatic heterocycles. The molecule has 0 unspecified atom stereocenters. The number of likely N-dealkylation sites (tertiary alicyclic amines) is 1. The lowest BCUT2D eigenvalue weighted by Gasteiger charge is -2.29. The highest BCUT2D eigenvalue weighted by Gasteiger charge is 2.25. The fourth-order valence-electron chi connectivity index (χ4n) is 4.10. The van der Waals surface area contributed by atoms with Crippen LogP contribution in [0.25, 0.3) is 16.7 Å². The van der Waals surface area contributed by atoms with Crippen molar-refractivity contribution in [2.24, 2.45) is 0 Å². The third kappa shape index (κ3) is 3.91. The second kappa shape index (κ2) is 8.58. The highest BCUT2D eigenvalue weighted by molar-refractivity contribution is 5.81. The number of anilines is 1. The SMILES string of the molecule is O=C(O)N1CCC(Oc2ncnc3c2cnn3-c2ccc(N3CCOCC3)cc2F)CC1. The van der Waals surface area contributed by atoms with Crippen LogP contribution in [0.15, 0.2) is 30.7 Å². The topological polar surface area (TPSA) is 106 Å². The molecule has 2 saturated heterocycles. The van der Waals surface area contributed by atoms with Crippen LogP contribution in [0.1, 0.15) is 12.8 Å². The number of nitrogens with zero attached hydrogens (tertiary/aromatic N) is 6. The second-order valence-electron chi connectivity index (χ2n) is 7.79. The first-order valence-electron chi connectivity index (χ1n) is 10.6. The molecule has 11 heteroatoms. The molecule has 3 aromatic rings. The Labute approximate surface area is 183 Å². The molecule has 1 N–H and O–H groups in total. The molecule has 0 aliphatic carbocycles. The summed E-state index contributed by atoms with van der Waals surface area (Å²) in [6.45, 7) is 3.53. The monoisotopic (exact) mass is 442 g/mol. The van der Waals surface area contributed by atoms with Crippen LogP contribution in [0.5, 0.6) is 5.88 Å². The summed E-state index contributed by atoms with van der Waals surface area (Å²) in [6.07, 6.45) is 2.99. The molecular formula is C21H23FN6O4. The van der Waals surface area contributed by atoms with Crippen molar-refractivity contribution in [2.45, 2.75) is 18.9 Å². The molecule has 0 saturated carbocycles. The number of aromatic nitrogens is 4. The highest BCUT2D eigenvalue weighted by Crippen LogP contribution is 2.28. The van der Waals surface area contributed by atoms with Crippen LogP contribution in [-0.2, 0) is 4.74 Å². The fourth-order valence-corrected chi connectivity index (χ4v) is 4.10. The van der Waals surface area contributed by atoms with Crippen molar-refractivity contribution in [1.82, 2.24) is 24.6 Å². The van der Waals surface area contributed by atoms with Crippen molar-refractivity contribution in [3.05, 3.63) is 36.5 Å². The quantitative estimate of drug-likeness (QED) is 0.656. The first-order valence-corrected chi connectivity index (χ1v) is 10.6. The number of rotatable bonds is 4. The highest BCUT2D eigenvalue weighted by atomic mass is 19.1. The maximum atomic E-state index is 15.0. The number of morpholine rings is 1. The van der Waals surface area contributed by atoms with Gasteiger partial charge in [-0.2, -0.15) is 5.10 Å². The van der Waals surface area contributed by atoms with E-state index in [-0.39, 0.29) is 11.8 Å². The predicted octanol–water partition coefficient (Wildman–Crippen LogP) is 2.31. The molecule has 168 valence electrons. The Balaban J connectivity index is 1.38. The molecule has 5 rings (SSSR count). The van der Waals surface area contributed by atoms with E-state index in [4.69, 9.17) is 14.6 Å². The van der Waals surface area contributed by atoms with E-state index in [1.54, 1.807) is 12.3 Å². The van der Waals surface area contributed by atoms with Crippen molar-refractivity contribution in [3.8, 4) is 11.6 Å². The summed E-state index contributed by atoms with van der Waals surface area (Å²) < 4.78 is 27.9. The maximum Gasteiger partial charge on any atom is 0.407 e. The van der Waals surface area contributed by atoms with Crippen LogP contribution < -0.4 is 9.64 Å². The van der Waals surface area contributed by atoms with Gasteiger partial charge in [0.25, 0.3) is 0 Å². The number of benzene rings is 1. The van der Waals surface area contributed by atoms with Crippen molar-refractivity contribution in [3.63, 3.8) is 0 Å². The fraction of sp³-hybridized carbons (Fsp3) is 0.429. The van der Waals surface area contributed by atoms with Crippen molar-refractivity contribution >= 4 is 22.8 Å². The van der Waals surface area contributed by atoms with Gasteiger partial charge >= 0.3 is 6.09 Å². The number of hydrogen-bond acceptors (Lipinski definition) is 7. The number of piperidine rings is 1.